The molecule has 3 N–H and O–H groups in total. The van der Waals surface area contributed by atoms with Gasteiger partial charge in [0.05, 0.1) is 5.69 Å². The Labute approximate surface area is 136 Å². The highest BCUT2D eigenvalue weighted by atomic mass is 16.2. The highest BCUT2D eigenvalue weighted by Crippen LogP contribution is 2.21. The second-order valence-corrected chi connectivity index (χ2v) is 5.79. The van der Waals surface area contributed by atoms with E-state index in [0.717, 1.165) is 49.4 Å². The van der Waals surface area contributed by atoms with E-state index in [2.05, 4.69) is 33.2 Å². The number of aromatic nitrogens is 2. The lowest BCUT2D eigenvalue weighted by Gasteiger charge is -2.14. The van der Waals surface area contributed by atoms with Crippen LogP contribution in [0.4, 0.5) is 10.6 Å². The second-order valence-electron chi connectivity index (χ2n) is 5.79. The van der Waals surface area contributed by atoms with Crippen molar-refractivity contribution < 1.29 is 4.79 Å². The van der Waals surface area contributed by atoms with Gasteiger partial charge < -0.3 is 10.6 Å². The molecule has 0 fully saturated rings. The lowest BCUT2D eigenvalue weighted by Crippen LogP contribution is -2.31. The number of aryl methyl sites for hydroxylation is 2. The maximum absolute atomic E-state index is 12.1. The van der Waals surface area contributed by atoms with E-state index in [1.54, 1.807) is 4.68 Å². The quantitative estimate of drug-likeness (QED) is 0.737. The molecule has 0 unspecified atom stereocenters. The fourth-order valence-electron chi connectivity index (χ4n) is 2.88. The molecule has 1 aliphatic rings. The van der Waals surface area contributed by atoms with Gasteiger partial charge in [0.25, 0.3) is 0 Å². The zero-order valence-electron chi connectivity index (χ0n) is 13.4. The first-order valence-electron chi connectivity index (χ1n) is 8.08. The number of rotatable bonds is 5. The largest absolute Gasteiger partial charge is 0.338 e. The maximum atomic E-state index is 12.1. The van der Waals surface area contributed by atoms with Crippen molar-refractivity contribution in [2.24, 2.45) is 7.05 Å². The Hall–Kier alpha value is -2.34. The summed E-state index contributed by atoms with van der Waals surface area (Å²) in [4.78, 5) is 12.1. The van der Waals surface area contributed by atoms with E-state index in [0.29, 0.717) is 6.54 Å². The molecular weight excluding hydrogens is 290 g/mol. The Balaban J connectivity index is 1.47. The number of nitrogens with one attached hydrogen (secondary N) is 3. The summed E-state index contributed by atoms with van der Waals surface area (Å²) >= 11 is 0. The van der Waals surface area contributed by atoms with Gasteiger partial charge in [-0.05, 0) is 18.4 Å². The van der Waals surface area contributed by atoms with Gasteiger partial charge in [0.2, 0.25) is 0 Å². The third-order valence-corrected chi connectivity index (χ3v) is 4.07. The summed E-state index contributed by atoms with van der Waals surface area (Å²) < 4.78 is 1.75. The predicted octanol–water partition coefficient (Wildman–Crippen LogP) is 1.82. The highest BCUT2D eigenvalue weighted by Gasteiger charge is 2.20. The number of urea groups is 1. The van der Waals surface area contributed by atoms with Crippen LogP contribution in [0, 0.1) is 0 Å². The standard InChI is InChI=1S/C17H23N5O/c1-22-16(14-12-18-11-9-15(14)21-22)20-17(23)19-10-5-8-13-6-3-2-4-7-13/h2-4,6-7,18H,5,8-12H2,1H3,(H2,19,20,23). The molecule has 3 rings (SSSR count). The molecular formula is C17H23N5O. The smallest absolute Gasteiger partial charge is 0.320 e. The van der Waals surface area contributed by atoms with Crippen molar-refractivity contribution in [2.75, 3.05) is 18.4 Å². The summed E-state index contributed by atoms with van der Waals surface area (Å²) in [6.45, 7) is 2.35. The maximum Gasteiger partial charge on any atom is 0.320 e. The lowest BCUT2D eigenvalue weighted by atomic mass is 10.1. The molecule has 6 heteroatoms. The summed E-state index contributed by atoms with van der Waals surface area (Å²) in [5, 5.41) is 13.6. The van der Waals surface area contributed by atoms with Crippen LogP contribution in [0.25, 0.3) is 0 Å². The Morgan fingerprint density at radius 2 is 2.17 bits per heavy atom. The molecule has 2 amide bonds. The zero-order valence-corrected chi connectivity index (χ0v) is 13.4. The van der Waals surface area contributed by atoms with Crippen molar-refractivity contribution in [1.29, 1.82) is 0 Å². The highest BCUT2D eigenvalue weighted by molar-refractivity contribution is 5.89. The molecule has 0 saturated heterocycles. The second kappa shape index (κ2) is 7.28. The number of hydrogen-bond donors (Lipinski definition) is 3. The van der Waals surface area contributed by atoms with Crippen LogP contribution in [0.1, 0.15) is 23.2 Å². The fraction of sp³-hybridized carbons (Fsp3) is 0.412. The van der Waals surface area contributed by atoms with E-state index in [-0.39, 0.29) is 6.03 Å². The molecule has 2 aromatic rings. The summed E-state index contributed by atoms with van der Waals surface area (Å²) in [5.41, 5.74) is 3.46. The Morgan fingerprint density at radius 3 is 3.00 bits per heavy atom. The lowest BCUT2D eigenvalue weighted by molar-refractivity contribution is 0.251. The molecule has 0 aliphatic carbocycles. The van der Waals surface area contributed by atoms with E-state index in [1.807, 2.05) is 25.2 Å². The van der Waals surface area contributed by atoms with Gasteiger partial charge in [0.15, 0.2) is 0 Å². The number of hydrogen-bond acceptors (Lipinski definition) is 3. The first kappa shape index (κ1) is 15.6. The number of anilines is 1. The molecule has 23 heavy (non-hydrogen) atoms. The van der Waals surface area contributed by atoms with Gasteiger partial charge in [0, 0.05) is 38.7 Å². The average Bonchev–Trinajstić information content (AvgIpc) is 2.88. The number of nitrogens with zero attached hydrogens (tertiary/aromatic N) is 2. The summed E-state index contributed by atoms with van der Waals surface area (Å²) in [6.07, 6.45) is 2.79. The van der Waals surface area contributed by atoms with Crippen molar-refractivity contribution in [3.05, 3.63) is 47.2 Å². The molecule has 1 aromatic carbocycles. The summed E-state index contributed by atoms with van der Waals surface area (Å²) in [5.74, 6) is 0.785. The van der Waals surface area contributed by atoms with Crippen LogP contribution in [-0.2, 0) is 26.4 Å². The van der Waals surface area contributed by atoms with Crippen LogP contribution >= 0.6 is 0 Å². The third kappa shape index (κ3) is 3.90. The van der Waals surface area contributed by atoms with Crippen LogP contribution in [0.2, 0.25) is 0 Å². The molecule has 1 aromatic heterocycles. The monoisotopic (exact) mass is 313 g/mol. The van der Waals surface area contributed by atoms with Crippen molar-refractivity contribution in [2.45, 2.75) is 25.8 Å². The van der Waals surface area contributed by atoms with Crippen LogP contribution in [0.3, 0.4) is 0 Å². The van der Waals surface area contributed by atoms with Gasteiger partial charge in [-0.1, -0.05) is 30.3 Å². The molecule has 122 valence electrons. The van der Waals surface area contributed by atoms with Gasteiger partial charge in [-0.15, -0.1) is 0 Å². The molecule has 0 spiro atoms. The molecule has 0 saturated carbocycles. The Morgan fingerprint density at radius 1 is 1.35 bits per heavy atom. The van der Waals surface area contributed by atoms with Crippen molar-refractivity contribution >= 4 is 11.8 Å². The topological polar surface area (TPSA) is 71.0 Å². The predicted molar refractivity (Wildman–Crippen MR) is 90.4 cm³/mol. The summed E-state index contributed by atoms with van der Waals surface area (Å²) in [7, 11) is 1.86. The molecule has 6 nitrogen and oxygen atoms in total. The van der Waals surface area contributed by atoms with Crippen LogP contribution < -0.4 is 16.0 Å². The molecule has 0 bridgehead atoms. The number of amides is 2. The van der Waals surface area contributed by atoms with Gasteiger partial charge in [-0.3, -0.25) is 10.00 Å². The fourth-order valence-corrected chi connectivity index (χ4v) is 2.88. The SMILES string of the molecule is Cn1nc2c(c1NC(=O)NCCCc1ccccc1)CNCC2. The minimum Gasteiger partial charge on any atom is -0.338 e. The summed E-state index contributed by atoms with van der Waals surface area (Å²) in [6, 6.07) is 10.1. The van der Waals surface area contributed by atoms with Crippen molar-refractivity contribution in [1.82, 2.24) is 20.4 Å². The van der Waals surface area contributed by atoms with Crippen LogP contribution in [-0.4, -0.2) is 28.9 Å². The van der Waals surface area contributed by atoms with Gasteiger partial charge in [-0.25, -0.2) is 4.79 Å². The normalized spacial score (nSPS) is 13.4. The van der Waals surface area contributed by atoms with Gasteiger partial charge in [-0.2, -0.15) is 5.10 Å². The van der Waals surface area contributed by atoms with Crippen molar-refractivity contribution in [3.8, 4) is 0 Å². The van der Waals surface area contributed by atoms with E-state index >= 15 is 0 Å². The minimum atomic E-state index is -0.172. The number of fused-ring (bicyclic) bond motifs is 1. The van der Waals surface area contributed by atoms with Gasteiger partial charge in [0.1, 0.15) is 5.82 Å². The van der Waals surface area contributed by atoms with E-state index in [9.17, 15) is 4.79 Å². The van der Waals surface area contributed by atoms with E-state index < -0.39 is 0 Å². The molecule has 0 radical (unpaired) electrons. The first-order valence-corrected chi connectivity index (χ1v) is 8.08. The Kier molecular flexibility index (Phi) is 4.92. The zero-order chi connectivity index (χ0) is 16.1. The molecule has 0 atom stereocenters. The number of carbonyl (C=O) groups excluding carboxylic acids is 1. The average molecular weight is 313 g/mol. The van der Waals surface area contributed by atoms with Crippen molar-refractivity contribution in [3.63, 3.8) is 0 Å². The first-order chi connectivity index (χ1) is 11.2. The third-order valence-electron chi connectivity index (χ3n) is 4.07. The molecule has 1 aliphatic heterocycles. The van der Waals surface area contributed by atoms with E-state index in [4.69, 9.17) is 0 Å². The Bertz CT molecular complexity index is 665. The van der Waals surface area contributed by atoms with Crippen LogP contribution in [0.15, 0.2) is 30.3 Å². The van der Waals surface area contributed by atoms with Crippen LogP contribution in [0.5, 0.6) is 0 Å². The van der Waals surface area contributed by atoms with E-state index in [1.165, 1.54) is 5.56 Å². The van der Waals surface area contributed by atoms with Gasteiger partial charge >= 0.3 is 6.03 Å². The molecule has 2 heterocycles. The number of carbonyl (C=O) groups is 1. The minimum absolute atomic E-state index is 0.172. The number of benzene rings is 1.